The molecule has 0 aliphatic carbocycles. The number of ether oxygens (including phenoxy) is 1. The number of hydroxylamine groups is 1. The van der Waals surface area contributed by atoms with E-state index in [9.17, 15) is 22.4 Å². The Kier molecular flexibility index (Phi) is 8.15. The van der Waals surface area contributed by atoms with Gasteiger partial charge in [0.15, 0.2) is 17.4 Å². The normalized spacial score (nSPS) is 11.1. The van der Waals surface area contributed by atoms with Gasteiger partial charge in [-0.1, -0.05) is 6.07 Å². The molecule has 1 amide bonds. The summed E-state index contributed by atoms with van der Waals surface area (Å²) in [7, 11) is 1.42. The van der Waals surface area contributed by atoms with Crippen molar-refractivity contribution >= 4 is 28.8 Å². The molecule has 3 N–H and O–H groups in total. The number of carbonyl (C=O) groups excluding carboxylic acids is 1. The number of anilines is 4. The van der Waals surface area contributed by atoms with Gasteiger partial charge in [0.2, 0.25) is 0 Å². The number of amides is 1. The molecule has 4 aromatic rings. The van der Waals surface area contributed by atoms with Crippen LogP contribution in [0.5, 0.6) is 5.75 Å². The molecule has 0 saturated heterocycles. The summed E-state index contributed by atoms with van der Waals surface area (Å²) in [5.41, 5.74) is 2.68. The Morgan fingerprint density at radius 2 is 1.72 bits per heavy atom. The van der Waals surface area contributed by atoms with Crippen molar-refractivity contribution in [2.24, 2.45) is 0 Å². The highest BCUT2D eigenvalue weighted by molar-refractivity contribution is 6.00. The fourth-order valence-corrected chi connectivity index (χ4v) is 3.41. The predicted octanol–water partition coefficient (Wildman–Crippen LogP) is 5.27. The molecule has 1 aromatic carbocycles. The molecule has 0 unspecified atom stereocenters. The van der Waals surface area contributed by atoms with Gasteiger partial charge in [0.05, 0.1) is 60.5 Å². The van der Waals surface area contributed by atoms with E-state index in [0.29, 0.717) is 17.0 Å². The summed E-state index contributed by atoms with van der Waals surface area (Å²) in [6.45, 7) is 1.91. The van der Waals surface area contributed by atoms with Crippen molar-refractivity contribution in [1.29, 1.82) is 0 Å². The smallest absolute Gasteiger partial charge is 0.433 e. The standard InChI is InChI=1S/C25H21F4N7O3/c1-3-39-36-24(37)17-13-31-21(34-15-7-8-20(30-12-15)25(27,28)29)9-19(17)35-18-6-4-5-16(22(18)38-2)23-32-10-14(26)11-33-23/h4-13H,3H2,1-2H3,(H,36,37)(H2,31,34,35). The molecule has 10 nitrogen and oxygen atoms in total. The third-order valence-electron chi connectivity index (χ3n) is 5.13. The van der Waals surface area contributed by atoms with Crippen LogP contribution in [0.4, 0.5) is 40.4 Å². The fourth-order valence-electron chi connectivity index (χ4n) is 3.41. The second-order valence-electron chi connectivity index (χ2n) is 7.77. The number of nitrogens with one attached hydrogen (secondary N) is 3. The van der Waals surface area contributed by atoms with Crippen molar-refractivity contribution in [2.75, 3.05) is 24.4 Å². The van der Waals surface area contributed by atoms with Gasteiger partial charge in [0.1, 0.15) is 11.5 Å². The van der Waals surface area contributed by atoms with Crippen LogP contribution in [0.2, 0.25) is 0 Å². The average Bonchev–Trinajstić information content (AvgIpc) is 2.92. The van der Waals surface area contributed by atoms with E-state index in [1.165, 1.54) is 25.4 Å². The first-order valence-corrected chi connectivity index (χ1v) is 11.3. The van der Waals surface area contributed by atoms with Gasteiger partial charge in [-0.2, -0.15) is 13.2 Å². The number of alkyl halides is 3. The zero-order valence-corrected chi connectivity index (χ0v) is 20.5. The van der Waals surface area contributed by atoms with Crippen LogP contribution in [0.3, 0.4) is 0 Å². The molecule has 202 valence electrons. The van der Waals surface area contributed by atoms with Gasteiger partial charge in [0, 0.05) is 12.3 Å². The van der Waals surface area contributed by atoms with Gasteiger partial charge in [0.25, 0.3) is 5.91 Å². The molecule has 0 aliphatic rings. The van der Waals surface area contributed by atoms with Crippen molar-refractivity contribution in [3.05, 3.63) is 78.3 Å². The van der Waals surface area contributed by atoms with Crippen LogP contribution in [0.15, 0.2) is 61.2 Å². The minimum Gasteiger partial charge on any atom is -0.494 e. The number of carbonyl (C=O) groups is 1. The van der Waals surface area contributed by atoms with E-state index in [2.05, 4.69) is 36.0 Å². The molecule has 14 heteroatoms. The number of nitrogens with zero attached hydrogens (tertiary/aromatic N) is 4. The Labute approximate surface area is 219 Å². The first-order chi connectivity index (χ1) is 18.7. The van der Waals surface area contributed by atoms with Crippen LogP contribution in [0.25, 0.3) is 11.4 Å². The number of benzene rings is 1. The van der Waals surface area contributed by atoms with Crippen LogP contribution < -0.4 is 20.9 Å². The van der Waals surface area contributed by atoms with E-state index in [0.717, 1.165) is 24.7 Å². The van der Waals surface area contributed by atoms with Crippen molar-refractivity contribution < 1.29 is 31.9 Å². The number of hydrogen-bond acceptors (Lipinski definition) is 9. The second kappa shape index (κ2) is 11.7. The molecular weight excluding hydrogens is 522 g/mol. The van der Waals surface area contributed by atoms with Crippen LogP contribution in [-0.2, 0) is 11.0 Å². The highest BCUT2D eigenvalue weighted by Gasteiger charge is 2.32. The molecule has 0 aliphatic heterocycles. The lowest BCUT2D eigenvalue weighted by atomic mass is 10.1. The summed E-state index contributed by atoms with van der Waals surface area (Å²) in [5, 5.41) is 5.97. The number of rotatable bonds is 9. The summed E-state index contributed by atoms with van der Waals surface area (Å²) in [4.78, 5) is 33.4. The second-order valence-corrected chi connectivity index (χ2v) is 7.77. The maximum absolute atomic E-state index is 13.3. The maximum Gasteiger partial charge on any atom is 0.433 e. The lowest BCUT2D eigenvalue weighted by Gasteiger charge is -2.17. The monoisotopic (exact) mass is 543 g/mol. The Hall–Kier alpha value is -4.85. The van der Waals surface area contributed by atoms with E-state index in [1.54, 1.807) is 25.1 Å². The molecule has 3 heterocycles. The van der Waals surface area contributed by atoms with Gasteiger partial charge in [-0.3, -0.25) is 9.63 Å². The molecule has 0 radical (unpaired) electrons. The lowest BCUT2D eigenvalue weighted by molar-refractivity contribution is -0.141. The van der Waals surface area contributed by atoms with Crippen molar-refractivity contribution in [3.63, 3.8) is 0 Å². The first kappa shape index (κ1) is 27.2. The Bertz CT molecular complexity index is 1450. The number of hydrogen-bond donors (Lipinski definition) is 3. The Morgan fingerprint density at radius 1 is 0.949 bits per heavy atom. The zero-order valence-electron chi connectivity index (χ0n) is 20.5. The summed E-state index contributed by atoms with van der Waals surface area (Å²) in [6.07, 6.45) is -0.252. The molecule has 3 aromatic heterocycles. The SMILES string of the molecule is CCONC(=O)c1cnc(Nc2ccc(C(F)(F)F)nc2)cc1Nc1cccc(-c2ncc(F)cn2)c1OC. The molecule has 0 saturated carbocycles. The van der Waals surface area contributed by atoms with E-state index < -0.39 is 23.6 Å². The van der Waals surface area contributed by atoms with Crippen LogP contribution in [-0.4, -0.2) is 39.6 Å². The molecule has 39 heavy (non-hydrogen) atoms. The number of aromatic nitrogens is 4. The molecule has 0 bridgehead atoms. The van der Waals surface area contributed by atoms with E-state index in [1.807, 2.05) is 0 Å². The van der Waals surface area contributed by atoms with E-state index in [4.69, 9.17) is 9.57 Å². The van der Waals surface area contributed by atoms with Crippen molar-refractivity contribution in [2.45, 2.75) is 13.1 Å². The third kappa shape index (κ3) is 6.54. The van der Waals surface area contributed by atoms with Crippen molar-refractivity contribution in [3.8, 4) is 17.1 Å². The van der Waals surface area contributed by atoms with Gasteiger partial charge >= 0.3 is 6.18 Å². The summed E-state index contributed by atoms with van der Waals surface area (Å²) >= 11 is 0. The largest absolute Gasteiger partial charge is 0.494 e. The highest BCUT2D eigenvalue weighted by atomic mass is 19.4. The molecule has 0 fully saturated rings. The minimum atomic E-state index is -4.57. The van der Waals surface area contributed by atoms with Crippen LogP contribution >= 0.6 is 0 Å². The average molecular weight is 543 g/mol. The van der Waals surface area contributed by atoms with E-state index >= 15 is 0 Å². The number of halogens is 4. The maximum atomic E-state index is 13.3. The summed E-state index contributed by atoms with van der Waals surface area (Å²) in [6, 6.07) is 8.54. The van der Waals surface area contributed by atoms with Gasteiger partial charge in [-0.25, -0.2) is 29.8 Å². The zero-order chi connectivity index (χ0) is 28.0. The fraction of sp³-hybridized carbons (Fsp3) is 0.160. The number of methoxy groups -OCH3 is 1. The van der Waals surface area contributed by atoms with Crippen molar-refractivity contribution in [1.82, 2.24) is 25.4 Å². The highest BCUT2D eigenvalue weighted by Crippen LogP contribution is 2.37. The molecule has 4 rings (SSSR count). The Balaban J connectivity index is 1.70. The topological polar surface area (TPSA) is 123 Å². The third-order valence-corrected chi connectivity index (χ3v) is 5.13. The van der Waals surface area contributed by atoms with Crippen LogP contribution in [0.1, 0.15) is 23.0 Å². The van der Waals surface area contributed by atoms with E-state index in [-0.39, 0.29) is 35.2 Å². The molecular formula is C25H21F4N7O3. The predicted molar refractivity (Wildman–Crippen MR) is 133 cm³/mol. The summed E-state index contributed by atoms with van der Waals surface area (Å²) < 4.78 is 57.4. The first-order valence-electron chi connectivity index (χ1n) is 11.3. The lowest BCUT2D eigenvalue weighted by Crippen LogP contribution is -2.24. The number of pyridine rings is 2. The summed E-state index contributed by atoms with van der Waals surface area (Å²) in [5.74, 6) is -0.496. The number of para-hydroxylation sites is 1. The quantitative estimate of drug-likeness (QED) is 0.191. The minimum absolute atomic E-state index is 0.0880. The van der Waals surface area contributed by atoms with Gasteiger partial charge in [-0.05, 0) is 31.2 Å². The van der Waals surface area contributed by atoms with Gasteiger partial charge < -0.3 is 15.4 Å². The molecule has 0 atom stereocenters. The Morgan fingerprint density at radius 3 is 2.36 bits per heavy atom. The van der Waals surface area contributed by atoms with Crippen LogP contribution in [0, 0.1) is 5.82 Å². The van der Waals surface area contributed by atoms with Gasteiger partial charge in [-0.15, -0.1) is 0 Å². The molecule has 0 spiro atoms.